The summed E-state index contributed by atoms with van der Waals surface area (Å²) in [6.45, 7) is 1.27. The number of benzene rings is 1. The van der Waals surface area contributed by atoms with Crippen molar-refractivity contribution in [3.05, 3.63) is 35.9 Å². The molecule has 1 atom stereocenters. The standard InChI is InChI=1S/C17H27NO/c19-14-17(13-16-9-5-2-6-10-16)18-12-11-15-7-3-1-4-8-15/h2,5-6,9-10,15,17-19H,1,3-4,7-8,11-14H2/t17-/m1/s1. The maximum Gasteiger partial charge on any atom is 0.0587 e. The highest BCUT2D eigenvalue weighted by Gasteiger charge is 2.14. The van der Waals surface area contributed by atoms with E-state index in [2.05, 4.69) is 29.6 Å². The van der Waals surface area contributed by atoms with Gasteiger partial charge in [-0.15, -0.1) is 0 Å². The van der Waals surface area contributed by atoms with Gasteiger partial charge in [-0.2, -0.15) is 0 Å². The van der Waals surface area contributed by atoms with Crippen LogP contribution in [0.2, 0.25) is 0 Å². The molecule has 106 valence electrons. The van der Waals surface area contributed by atoms with Gasteiger partial charge in [-0.1, -0.05) is 62.4 Å². The Balaban J connectivity index is 1.67. The zero-order valence-corrected chi connectivity index (χ0v) is 11.9. The third kappa shape index (κ3) is 5.33. The molecule has 0 aliphatic heterocycles. The molecule has 1 saturated carbocycles. The van der Waals surface area contributed by atoms with Crippen LogP contribution >= 0.6 is 0 Å². The van der Waals surface area contributed by atoms with Crippen LogP contribution in [-0.4, -0.2) is 24.3 Å². The molecule has 1 aliphatic rings. The van der Waals surface area contributed by atoms with E-state index in [1.165, 1.54) is 44.1 Å². The van der Waals surface area contributed by atoms with Crippen molar-refractivity contribution in [2.24, 2.45) is 5.92 Å². The minimum atomic E-state index is 0.200. The minimum absolute atomic E-state index is 0.200. The molecule has 19 heavy (non-hydrogen) atoms. The van der Waals surface area contributed by atoms with E-state index >= 15 is 0 Å². The Labute approximate surface area is 117 Å². The van der Waals surface area contributed by atoms with E-state index in [-0.39, 0.29) is 12.6 Å². The van der Waals surface area contributed by atoms with E-state index < -0.39 is 0 Å². The summed E-state index contributed by atoms with van der Waals surface area (Å²) < 4.78 is 0. The largest absolute Gasteiger partial charge is 0.395 e. The van der Waals surface area contributed by atoms with Crippen LogP contribution in [0.3, 0.4) is 0 Å². The highest BCUT2D eigenvalue weighted by molar-refractivity contribution is 5.15. The first kappa shape index (κ1) is 14.5. The maximum atomic E-state index is 9.46. The molecule has 0 heterocycles. The molecule has 0 amide bonds. The van der Waals surface area contributed by atoms with Crippen LogP contribution in [0.4, 0.5) is 0 Å². The molecule has 1 aliphatic carbocycles. The first-order chi connectivity index (χ1) is 9.38. The molecule has 0 spiro atoms. The smallest absolute Gasteiger partial charge is 0.0587 e. The van der Waals surface area contributed by atoms with Crippen molar-refractivity contribution in [3.63, 3.8) is 0 Å². The molecule has 0 aromatic heterocycles. The molecule has 0 radical (unpaired) electrons. The fourth-order valence-electron chi connectivity index (χ4n) is 3.07. The summed E-state index contributed by atoms with van der Waals surface area (Å²) in [6, 6.07) is 10.6. The highest BCUT2D eigenvalue weighted by Crippen LogP contribution is 2.25. The molecule has 0 bridgehead atoms. The van der Waals surface area contributed by atoms with Crippen LogP contribution in [0.15, 0.2) is 30.3 Å². The third-order valence-corrected chi connectivity index (χ3v) is 4.26. The van der Waals surface area contributed by atoms with Gasteiger partial charge < -0.3 is 10.4 Å². The third-order valence-electron chi connectivity index (χ3n) is 4.26. The first-order valence-electron chi connectivity index (χ1n) is 7.76. The Hall–Kier alpha value is -0.860. The second-order valence-corrected chi connectivity index (χ2v) is 5.82. The van der Waals surface area contributed by atoms with Crippen LogP contribution in [0.25, 0.3) is 0 Å². The lowest BCUT2D eigenvalue weighted by atomic mass is 9.87. The van der Waals surface area contributed by atoms with E-state index in [0.29, 0.717) is 0 Å². The number of hydrogen-bond acceptors (Lipinski definition) is 2. The normalized spacial score (nSPS) is 18.4. The van der Waals surface area contributed by atoms with Crippen molar-refractivity contribution in [1.29, 1.82) is 0 Å². The molecule has 2 N–H and O–H groups in total. The Kier molecular flexibility index (Phi) is 6.38. The van der Waals surface area contributed by atoms with E-state index in [9.17, 15) is 5.11 Å². The predicted molar refractivity (Wildman–Crippen MR) is 80.2 cm³/mol. The number of rotatable bonds is 7. The quantitative estimate of drug-likeness (QED) is 0.790. The van der Waals surface area contributed by atoms with Crippen molar-refractivity contribution >= 4 is 0 Å². The summed E-state index contributed by atoms with van der Waals surface area (Å²) in [5.74, 6) is 0.914. The summed E-state index contributed by atoms with van der Waals surface area (Å²) in [5.41, 5.74) is 1.30. The topological polar surface area (TPSA) is 32.3 Å². The predicted octanol–water partition coefficient (Wildman–Crippen LogP) is 3.15. The molecule has 2 rings (SSSR count). The summed E-state index contributed by atoms with van der Waals surface area (Å²) >= 11 is 0. The molecule has 1 aromatic rings. The van der Waals surface area contributed by atoms with Gasteiger partial charge in [0.1, 0.15) is 0 Å². The molecular weight excluding hydrogens is 234 g/mol. The number of aliphatic hydroxyl groups excluding tert-OH is 1. The van der Waals surface area contributed by atoms with E-state index in [0.717, 1.165) is 18.9 Å². The lowest BCUT2D eigenvalue weighted by molar-refractivity contribution is 0.236. The summed E-state index contributed by atoms with van der Waals surface area (Å²) in [4.78, 5) is 0. The van der Waals surface area contributed by atoms with Crippen molar-refractivity contribution in [3.8, 4) is 0 Å². The average Bonchev–Trinajstić information content (AvgIpc) is 2.48. The van der Waals surface area contributed by atoms with Crippen LogP contribution in [0, 0.1) is 5.92 Å². The van der Waals surface area contributed by atoms with Gasteiger partial charge in [-0.25, -0.2) is 0 Å². The second-order valence-electron chi connectivity index (χ2n) is 5.82. The van der Waals surface area contributed by atoms with Crippen molar-refractivity contribution in [1.82, 2.24) is 5.32 Å². The van der Waals surface area contributed by atoms with Crippen LogP contribution in [0.5, 0.6) is 0 Å². The molecule has 0 unspecified atom stereocenters. The Morgan fingerprint density at radius 2 is 1.84 bits per heavy atom. The van der Waals surface area contributed by atoms with Gasteiger partial charge in [0.05, 0.1) is 6.61 Å². The average molecular weight is 261 g/mol. The number of aliphatic hydroxyl groups is 1. The monoisotopic (exact) mass is 261 g/mol. The molecule has 0 saturated heterocycles. The Morgan fingerprint density at radius 1 is 1.11 bits per heavy atom. The van der Waals surface area contributed by atoms with Gasteiger partial charge in [0.15, 0.2) is 0 Å². The maximum absolute atomic E-state index is 9.46. The summed E-state index contributed by atoms with van der Waals surface area (Å²) in [7, 11) is 0. The Morgan fingerprint density at radius 3 is 2.53 bits per heavy atom. The van der Waals surface area contributed by atoms with E-state index in [1.54, 1.807) is 0 Å². The minimum Gasteiger partial charge on any atom is -0.395 e. The number of nitrogens with one attached hydrogen (secondary N) is 1. The highest BCUT2D eigenvalue weighted by atomic mass is 16.3. The second kappa shape index (κ2) is 8.34. The fourth-order valence-corrected chi connectivity index (χ4v) is 3.07. The van der Waals surface area contributed by atoms with Crippen LogP contribution in [-0.2, 0) is 6.42 Å². The van der Waals surface area contributed by atoms with Gasteiger partial charge >= 0.3 is 0 Å². The molecule has 2 nitrogen and oxygen atoms in total. The summed E-state index contributed by atoms with van der Waals surface area (Å²) in [6.07, 6.45) is 9.26. The first-order valence-corrected chi connectivity index (χ1v) is 7.76. The lowest BCUT2D eigenvalue weighted by Gasteiger charge is -2.23. The van der Waals surface area contributed by atoms with Gasteiger partial charge in [-0.05, 0) is 30.9 Å². The molecule has 1 fully saturated rings. The van der Waals surface area contributed by atoms with Crippen LogP contribution < -0.4 is 5.32 Å². The zero-order chi connectivity index (χ0) is 13.3. The lowest BCUT2D eigenvalue weighted by Crippen LogP contribution is -2.36. The van der Waals surface area contributed by atoms with E-state index in [1.807, 2.05) is 6.07 Å². The van der Waals surface area contributed by atoms with E-state index in [4.69, 9.17) is 0 Å². The van der Waals surface area contributed by atoms with Crippen molar-refractivity contribution < 1.29 is 5.11 Å². The van der Waals surface area contributed by atoms with Crippen molar-refractivity contribution in [2.45, 2.75) is 51.0 Å². The molecular formula is C17H27NO. The molecule has 2 heteroatoms. The summed E-state index contributed by atoms with van der Waals surface area (Å²) in [5, 5.41) is 13.0. The van der Waals surface area contributed by atoms with Gasteiger partial charge in [0, 0.05) is 6.04 Å². The fraction of sp³-hybridized carbons (Fsp3) is 0.647. The van der Waals surface area contributed by atoms with Gasteiger partial charge in [0.25, 0.3) is 0 Å². The van der Waals surface area contributed by atoms with Gasteiger partial charge in [-0.3, -0.25) is 0 Å². The molecule has 1 aromatic carbocycles. The van der Waals surface area contributed by atoms with Crippen molar-refractivity contribution in [2.75, 3.05) is 13.2 Å². The zero-order valence-electron chi connectivity index (χ0n) is 11.9. The van der Waals surface area contributed by atoms with Crippen LogP contribution in [0.1, 0.15) is 44.1 Å². The SMILES string of the molecule is OC[C@@H](Cc1ccccc1)NCCC1CCCCC1. The number of hydrogen-bond donors (Lipinski definition) is 2. The van der Waals surface area contributed by atoms with Gasteiger partial charge in [0.2, 0.25) is 0 Å². The Bertz CT molecular complexity index is 332.